The van der Waals surface area contributed by atoms with Crippen molar-refractivity contribution in [3.8, 4) is 0 Å². The second kappa shape index (κ2) is 4.28. The summed E-state index contributed by atoms with van der Waals surface area (Å²) in [7, 11) is 0. The summed E-state index contributed by atoms with van der Waals surface area (Å²) in [6, 6.07) is 0. The molecule has 0 aromatic carbocycles. The van der Waals surface area contributed by atoms with Gasteiger partial charge in [-0.1, -0.05) is 12.2 Å². The van der Waals surface area contributed by atoms with Crippen LogP contribution in [0.15, 0.2) is 24.7 Å². The highest BCUT2D eigenvalue weighted by Gasteiger charge is 2.29. The zero-order chi connectivity index (χ0) is 11.7. The van der Waals surface area contributed by atoms with Crippen LogP contribution in [0.2, 0.25) is 0 Å². The minimum Gasteiger partial charge on any atom is -0.332 e. The molecule has 2 aliphatic rings. The maximum atomic E-state index is 12.3. The number of carbonyl (C=O) groups excluding carboxylic acids is 1. The van der Waals surface area contributed by atoms with E-state index in [2.05, 4.69) is 22.1 Å². The van der Waals surface area contributed by atoms with Crippen LogP contribution in [0.5, 0.6) is 0 Å². The standard InChI is InChI=1S/C13H15N3O/c17-13(10-4-2-1-3-5-10)16-7-11-6-14-9-15-12(11)8-16/h1-2,6,9-10H,3-5,7-8H2. The zero-order valence-electron chi connectivity index (χ0n) is 9.67. The van der Waals surface area contributed by atoms with Gasteiger partial charge in [0.2, 0.25) is 5.91 Å². The largest absolute Gasteiger partial charge is 0.332 e. The van der Waals surface area contributed by atoms with Gasteiger partial charge in [-0.3, -0.25) is 4.79 Å². The van der Waals surface area contributed by atoms with E-state index in [1.807, 2.05) is 11.1 Å². The second-order valence-corrected chi connectivity index (χ2v) is 4.67. The van der Waals surface area contributed by atoms with Gasteiger partial charge in [-0.05, 0) is 19.3 Å². The molecule has 0 spiro atoms. The Morgan fingerprint density at radius 1 is 1.35 bits per heavy atom. The van der Waals surface area contributed by atoms with E-state index in [-0.39, 0.29) is 11.8 Å². The Bertz CT molecular complexity index is 444. The molecule has 4 nitrogen and oxygen atoms in total. The normalized spacial score (nSPS) is 22.6. The fourth-order valence-corrected chi connectivity index (χ4v) is 2.53. The summed E-state index contributed by atoms with van der Waals surface area (Å²) in [5, 5.41) is 0. The third-order valence-corrected chi connectivity index (χ3v) is 3.51. The maximum Gasteiger partial charge on any atom is 0.226 e. The average Bonchev–Trinajstić information content (AvgIpc) is 2.82. The van der Waals surface area contributed by atoms with Gasteiger partial charge in [-0.25, -0.2) is 9.97 Å². The molecule has 0 radical (unpaired) electrons. The van der Waals surface area contributed by atoms with Crippen molar-refractivity contribution in [2.75, 3.05) is 0 Å². The van der Waals surface area contributed by atoms with Gasteiger partial charge < -0.3 is 4.90 Å². The second-order valence-electron chi connectivity index (χ2n) is 4.67. The van der Waals surface area contributed by atoms with Crippen molar-refractivity contribution in [3.63, 3.8) is 0 Å². The lowest BCUT2D eigenvalue weighted by Crippen LogP contribution is -2.32. The van der Waals surface area contributed by atoms with E-state index in [1.165, 1.54) is 0 Å². The Morgan fingerprint density at radius 3 is 3.06 bits per heavy atom. The SMILES string of the molecule is O=C(C1CC=CCC1)N1Cc2cncnc2C1. The van der Waals surface area contributed by atoms with Crippen LogP contribution in [0, 0.1) is 5.92 Å². The first-order valence-electron chi connectivity index (χ1n) is 6.06. The Kier molecular flexibility index (Phi) is 2.63. The summed E-state index contributed by atoms with van der Waals surface area (Å²) in [5.41, 5.74) is 2.09. The molecule has 3 rings (SSSR count). The van der Waals surface area contributed by atoms with Crippen molar-refractivity contribution in [2.24, 2.45) is 5.92 Å². The molecular weight excluding hydrogens is 214 g/mol. The summed E-state index contributed by atoms with van der Waals surface area (Å²) < 4.78 is 0. The van der Waals surface area contributed by atoms with E-state index in [0.717, 1.165) is 30.5 Å². The molecule has 0 saturated carbocycles. The molecule has 1 amide bonds. The predicted octanol–water partition coefficient (Wildman–Crippen LogP) is 1.68. The van der Waals surface area contributed by atoms with Crippen molar-refractivity contribution in [3.05, 3.63) is 35.9 Å². The van der Waals surface area contributed by atoms with Gasteiger partial charge in [0.1, 0.15) is 6.33 Å². The Balaban J connectivity index is 1.72. The first-order chi connectivity index (χ1) is 8.34. The minimum atomic E-state index is 0.169. The van der Waals surface area contributed by atoms with Crippen LogP contribution in [0.3, 0.4) is 0 Å². The zero-order valence-corrected chi connectivity index (χ0v) is 9.67. The first-order valence-corrected chi connectivity index (χ1v) is 6.06. The average molecular weight is 229 g/mol. The fraction of sp³-hybridized carbons (Fsp3) is 0.462. The smallest absolute Gasteiger partial charge is 0.226 e. The van der Waals surface area contributed by atoms with E-state index in [9.17, 15) is 4.79 Å². The first kappa shape index (κ1) is 10.4. The molecule has 88 valence electrons. The predicted molar refractivity (Wildman–Crippen MR) is 62.8 cm³/mol. The van der Waals surface area contributed by atoms with Gasteiger partial charge in [-0.2, -0.15) is 0 Å². The van der Waals surface area contributed by atoms with Crippen LogP contribution in [-0.2, 0) is 17.9 Å². The number of amides is 1. The molecule has 1 aliphatic heterocycles. The number of aromatic nitrogens is 2. The van der Waals surface area contributed by atoms with E-state index in [4.69, 9.17) is 0 Å². The van der Waals surface area contributed by atoms with Crippen molar-refractivity contribution in [2.45, 2.75) is 32.4 Å². The number of allylic oxidation sites excluding steroid dienone is 2. The number of rotatable bonds is 1. The summed E-state index contributed by atoms with van der Waals surface area (Å²) in [6.07, 6.45) is 10.5. The lowest BCUT2D eigenvalue weighted by Gasteiger charge is -2.23. The molecular formula is C13H15N3O. The molecule has 1 aromatic rings. The Labute approximate surface area is 100 Å². The molecule has 2 heterocycles. The third-order valence-electron chi connectivity index (χ3n) is 3.51. The molecule has 0 bridgehead atoms. The molecule has 0 N–H and O–H groups in total. The molecule has 1 aromatic heterocycles. The molecule has 0 saturated heterocycles. The van der Waals surface area contributed by atoms with Crippen molar-refractivity contribution >= 4 is 5.91 Å². The topological polar surface area (TPSA) is 46.1 Å². The fourth-order valence-electron chi connectivity index (χ4n) is 2.53. The van der Waals surface area contributed by atoms with Gasteiger partial charge in [0.05, 0.1) is 12.2 Å². The van der Waals surface area contributed by atoms with Crippen molar-refractivity contribution < 1.29 is 4.79 Å². The number of hydrogen-bond donors (Lipinski definition) is 0. The number of carbonyl (C=O) groups is 1. The van der Waals surface area contributed by atoms with Crippen LogP contribution in [0.25, 0.3) is 0 Å². The van der Waals surface area contributed by atoms with Crippen molar-refractivity contribution in [1.82, 2.24) is 14.9 Å². The third kappa shape index (κ3) is 1.95. The Morgan fingerprint density at radius 2 is 2.29 bits per heavy atom. The van der Waals surface area contributed by atoms with E-state index >= 15 is 0 Å². The van der Waals surface area contributed by atoms with E-state index < -0.39 is 0 Å². The number of nitrogens with zero attached hydrogens (tertiary/aromatic N) is 3. The van der Waals surface area contributed by atoms with Crippen LogP contribution in [-0.4, -0.2) is 20.8 Å². The number of hydrogen-bond acceptors (Lipinski definition) is 3. The highest BCUT2D eigenvalue weighted by molar-refractivity contribution is 5.79. The summed E-state index contributed by atoms with van der Waals surface area (Å²) in [6.45, 7) is 1.33. The van der Waals surface area contributed by atoms with Crippen molar-refractivity contribution in [1.29, 1.82) is 0 Å². The summed E-state index contributed by atoms with van der Waals surface area (Å²) in [5.74, 6) is 0.439. The van der Waals surface area contributed by atoms with E-state index in [1.54, 1.807) is 6.33 Å². The van der Waals surface area contributed by atoms with Gasteiger partial charge >= 0.3 is 0 Å². The summed E-state index contributed by atoms with van der Waals surface area (Å²) >= 11 is 0. The van der Waals surface area contributed by atoms with E-state index in [0.29, 0.717) is 13.1 Å². The lowest BCUT2D eigenvalue weighted by atomic mass is 9.93. The van der Waals surface area contributed by atoms with Gasteiger partial charge in [0.25, 0.3) is 0 Å². The van der Waals surface area contributed by atoms with Crippen LogP contribution >= 0.6 is 0 Å². The molecule has 4 heteroatoms. The molecule has 1 aliphatic carbocycles. The molecule has 1 atom stereocenters. The van der Waals surface area contributed by atoms with Gasteiger partial charge in [0, 0.05) is 24.2 Å². The highest BCUT2D eigenvalue weighted by Crippen LogP contribution is 2.26. The molecule has 0 fully saturated rings. The van der Waals surface area contributed by atoms with Gasteiger partial charge in [0.15, 0.2) is 0 Å². The van der Waals surface area contributed by atoms with Gasteiger partial charge in [-0.15, -0.1) is 0 Å². The Hall–Kier alpha value is -1.71. The maximum absolute atomic E-state index is 12.3. The number of fused-ring (bicyclic) bond motifs is 1. The van der Waals surface area contributed by atoms with Crippen LogP contribution in [0.4, 0.5) is 0 Å². The lowest BCUT2D eigenvalue weighted by molar-refractivity contribution is -0.136. The minimum absolute atomic E-state index is 0.169. The molecule has 1 unspecified atom stereocenters. The molecule has 17 heavy (non-hydrogen) atoms. The quantitative estimate of drug-likeness (QED) is 0.688. The van der Waals surface area contributed by atoms with Crippen LogP contribution in [0.1, 0.15) is 30.5 Å². The summed E-state index contributed by atoms with van der Waals surface area (Å²) in [4.78, 5) is 22.4. The monoisotopic (exact) mass is 229 g/mol. The van der Waals surface area contributed by atoms with Crippen LogP contribution < -0.4 is 0 Å². The highest BCUT2D eigenvalue weighted by atomic mass is 16.2.